The quantitative estimate of drug-likeness (QED) is 0.328. The predicted octanol–water partition coefficient (Wildman–Crippen LogP) is 3.90. The molecule has 2 aliphatic rings. The van der Waals surface area contributed by atoms with Crippen molar-refractivity contribution in [2.75, 3.05) is 32.8 Å². The average Bonchev–Trinajstić information content (AvgIpc) is 3.01. The summed E-state index contributed by atoms with van der Waals surface area (Å²) in [6.45, 7) is 4.66. The number of amides is 1. The van der Waals surface area contributed by atoms with E-state index in [0.29, 0.717) is 49.6 Å². The second-order valence-corrected chi connectivity index (χ2v) is 10.7. The standard InChI is InChI=1S/C31H33FN6O3/c32-26-10-9-21(18-28-23-7-2-3-8-24(23)29(39)36-35-28)17-25(26)30(40)38-15-11-27-22(20-38)19-33-31(34-27)41-16-6-14-37-12-4-1-5-13-37/h2-3,7-10,17,19H,1,4-6,11-16,18,20H2,(H,36,39). The fourth-order valence-electron chi connectivity index (χ4n) is 5.69. The lowest BCUT2D eigenvalue weighted by molar-refractivity contribution is 0.0728. The minimum atomic E-state index is -0.576. The molecule has 2 aromatic heterocycles. The van der Waals surface area contributed by atoms with Crippen molar-refractivity contribution < 1.29 is 13.9 Å². The van der Waals surface area contributed by atoms with Crippen LogP contribution in [0.4, 0.5) is 4.39 Å². The fourth-order valence-corrected chi connectivity index (χ4v) is 5.69. The van der Waals surface area contributed by atoms with Crippen molar-refractivity contribution in [3.05, 3.63) is 92.9 Å². The van der Waals surface area contributed by atoms with Crippen LogP contribution >= 0.6 is 0 Å². The van der Waals surface area contributed by atoms with Gasteiger partial charge in [-0.25, -0.2) is 14.5 Å². The lowest BCUT2D eigenvalue weighted by Gasteiger charge is -2.28. The number of ether oxygens (including phenoxy) is 1. The molecule has 1 N–H and O–H groups in total. The largest absolute Gasteiger partial charge is 0.463 e. The maximum absolute atomic E-state index is 14.9. The molecule has 6 rings (SSSR count). The first kappa shape index (κ1) is 27.0. The number of carbonyl (C=O) groups excluding carboxylic acids is 1. The molecule has 0 unspecified atom stereocenters. The zero-order valence-electron chi connectivity index (χ0n) is 22.9. The van der Waals surface area contributed by atoms with Gasteiger partial charge in [-0.15, -0.1) is 0 Å². The Balaban J connectivity index is 1.10. The number of hydrogen-bond donors (Lipinski definition) is 1. The Kier molecular flexibility index (Phi) is 8.00. The maximum atomic E-state index is 14.9. The molecule has 212 valence electrons. The molecule has 4 aromatic rings. The molecule has 0 aliphatic carbocycles. The third kappa shape index (κ3) is 6.12. The topological polar surface area (TPSA) is 104 Å². The minimum Gasteiger partial charge on any atom is -0.463 e. The van der Waals surface area contributed by atoms with E-state index in [4.69, 9.17) is 4.74 Å². The molecular formula is C31H33FN6O3. The van der Waals surface area contributed by atoms with E-state index < -0.39 is 5.82 Å². The molecule has 41 heavy (non-hydrogen) atoms. The van der Waals surface area contributed by atoms with Gasteiger partial charge in [0, 0.05) is 49.6 Å². The third-order valence-electron chi connectivity index (χ3n) is 7.91. The predicted molar refractivity (Wildman–Crippen MR) is 152 cm³/mol. The van der Waals surface area contributed by atoms with Gasteiger partial charge in [0.05, 0.1) is 28.9 Å². The molecular weight excluding hydrogens is 523 g/mol. The van der Waals surface area contributed by atoms with Crippen LogP contribution in [0.15, 0.2) is 53.5 Å². The number of nitrogens with zero attached hydrogens (tertiary/aromatic N) is 5. The van der Waals surface area contributed by atoms with E-state index in [0.717, 1.165) is 35.2 Å². The van der Waals surface area contributed by atoms with Gasteiger partial charge < -0.3 is 14.5 Å². The van der Waals surface area contributed by atoms with Gasteiger partial charge in [0.1, 0.15) is 5.82 Å². The second-order valence-electron chi connectivity index (χ2n) is 10.7. The monoisotopic (exact) mass is 556 g/mol. The number of halogens is 1. The first-order valence-corrected chi connectivity index (χ1v) is 14.3. The zero-order chi connectivity index (χ0) is 28.2. The molecule has 0 spiro atoms. The van der Waals surface area contributed by atoms with Gasteiger partial charge in [-0.3, -0.25) is 9.59 Å². The molecule has 0 saturated carbocycles. The highest BCUT2D eigenvalue weighted by molar-refractivity contribution is 5.95. The normalized spacial score (nSPS) is 15.6. The van der Waals surface area contributed by atoms with Gasteiger partial charge in [0.15, 0.2) is 0 Å². The van der Waals surface area contributed by atoms with Crippen LogP contribution in [0.1, 0.15) is 58.6 Å². The molecule has 0 atom stereocenters. The van der Waals surface area contributed by atoms with E-state index in [-0.39, 0.29) is 17.0 Å². The molecule has 9 nitrogen and oxygen atoms in total. The Morgan fingerprint density at radius 3 is 2.73 bits per heavy atom. The number of carbonyl (C=O) groups is 1. The van der Waals surface area contributed by atoms with Crippen molar-refractivity contribution in [3.63, 3.8) is 0 Å². The van der Waals surface area contributed by atoms with Gasteiger partial charge in [-0.05, 0) is 56.1 Å². The first-order chi connectivity index (χ1) is 20.0. The van der Waals surface area contributed by atoms with Crippen molar-refractivity contribution in [3.8, 4) is 6.01 Å². The van der Waals surface area contributed by atoms with Crippen LogP contribution in [0.5, 0.6) is 6.01 Å². The van der Waals surface area contributed by atoms with Crippen LogP contribution in [0.3, 0.4) is 0 Å². The second kappa shape index (κ2) is 12.1. The molecule has 2 aliphatic heterocycles. The number of aromatic amines is 1. The van der Waals surface area contributed by atoms with E-state index in [1.165, 1.54) is 38.4 Å². The molecule has 10 heteroatoms. The van der Waals surface area contributed by atoms with Gasteiger partial charge in [0.2, 0.25) is 0 Å². The Labute approximate surface area is 237 Å². The van der Waals surface area contributed by atoms with Crippen LogP contribution in [0.2, 0.25) is 0 Å². The van der Waals surface area contributed by atoms with Gasteiger partial charge in [-0.2, -0.15) is 10.1 Å². The van der Waals surface area contributed by atoms with Crippen LogP contribution in [0.25, 0.3) is 10.8 Å². The summed E-state index contributed by atoms with van der Waals surface area (Å²) in [6.07, 6.45) is 7.41. The number of aromatic nitrogens is 4. The highest BCUT2D eigenvalue weighted by Crippen LogP contribution is 2.23. The zero-order valence-corrected chi connectivity index (χ0v) is 22.9. The summed E-state index contributed by atoms with van der Waals surface area (Å²) in [5, 5.41) is 8.01. The van der Waals surface area contributed by atoms with E-state index in [1.54, 1.807) is 35.4 Å². The summed E-state index contributed by atoms with van der Waals surface area (Å²) in [4.78, 5) is 38.6. The maximum Gasteiger partial charge on any atom is 0.316 e. The smallest absolute Gasteiger partial charge is 0.316 e. The molecule has 0 bridgehead atoms. The number of nitrogens with one attached hydrogen (secondary N) is 1. The van der Waals surface area contributed by atoms with Crippen LogP contribution in [0, 0.1) is 5.82 Å². The number of benzene rings is 2. The number of fused-ring (bicyclic) bond motifs is 2. The van der Waals surface area contributed by atoms with Gasteiger partial charge >= 0.3 is 6.01 Å². The van der Waals surface area contributed by atoms with Crippen molar-refractivity contribution in [1.82, 2.24) is 30.0 Å². The summed E-state index contributed by atoms with van der Waals surface area (Å²) in [7, 11) is 0. The molecule has 1 saturated heterocycles. The number of likely N-dealkylation sites (tertiary alicyclic amines) is 1. The Morgan fingerprint density at radius 2 is 1.88 bits per heavy atom. The summed E-state index contributed by atoms with van der Waals surface area (Å²) >= 11 is 0. The molecule has 4 heterocycles. The van der Waals surface area contributed by atoms with Crippen LogP contribution < -0.4 is 10.3 Å². The minimum absolute atomic E-state index is 0.00857. The first-order valence-electron chi connectivity index (χ1n) is 14.3. The van der Waals surface area contributed by atoms with Crippen LogP contribution in [-0.2, 0) is 19.4 Å². The third-order valence-corrected chi connectivity index (χ3v) is 7.91. The van der Waals surface area contributed by atoms with E-state index in [9.17, 15) is 14.0 Å². The van der Waals surface area contributed by atoms with Crippen molar-refractivity contribution in [2.45, 2.75) is 45.1 Å². The van der Waals surface area contributed by atoms with E-state index in [2.05, 4.69) is 25.1 Å². The SMILES string of the molecule is O=C(c1cc(Cc2n[nH]c(=O)c3ccccc23)ccc1F)N1CCc2nc(OCCCN3CCCCC3)ncc2C1. The molecule has 2 aromatic carbocycles. The van der Waals surface area contributed by atoms with Crippen molar-refractivity contribution in [2.24, 2.45) is 0 Å². The van der Waals surface area contributed by atoms with E-state index in [1.807, 2.05) is 12.1 Å². The van der Waals surface area contributed by atoms with Crippen LogP contribution in [-0.4, -0.2) is 68.7 Å². The number of rotatable bonds is 8. The molecule has 0 radical (unpaired) electrons. The van der Waals surface area contributed by atoms with Gasteiger partial charge in [0.25, 0.3) is 11.5 Å². The average molecular weight is 557 g/mol. The van der Waals surface area contributed by atoms with E-state index >= 15 is 0 Å². The Morgan fingerprint density at radius 1 is 1.05 bits per heavy atom. The van der Waals surface area contributed by atoms with Crippen molar-refractivity contribution in [1.29, 1.82) is 0 Å². The lowest BCUT2D eigenvalue weighted by Crippen LogP contribution is -2.37. The fraction of sp³-hybridized carbons (Fsp3) is 0.387. The number of hydrogen-bond acceptors (Lipinski definition) is 7. The summed E-state index contributed by atoms with van der Waals surface area (Å²) in [6, 6.07) is 12.1. The Hall–Kier alpha value is -4.18. The highest BCUT2D eigenvalue weighted by atomic mass is 19.1. The Bertz CT molecular complexity index is 1620. The highest BCUT2D eigenvalue weighted by Gasteiger charge is 2.26. The number of piperidine rings is 1. The molecule has 1 fully saturated rings. The lowest BCUT2D eigenvalue weighted by atomic mass is 10.0. The number of H-pyrrole nitrogens is 1. The van der Waals surface area contributed by atoms with Crippen molar-refractivity contribution >= 4 is 16.7 Å². The summed E-state index contributed by atoms with van der Waals surface area (Å²) in [5.41, 5.74) is 2.82. The summed E-state index contributed by atoms with van der Waals surface area (Å²) in [5.74, 6) is -0.958. The summed E-state index contributed by atoms with van der Waals surface area (Å²) < 4.78 is 20.7. The van der Waals surface area contributed by atoms with Gasteiger partial charge in [-0.1, -0.05) is 30.7 Å². The molecule has 1 amide bonds.